The minimum Gasteiger partial charge on any atom is -0.462 e. The molecule has 1 aliphatic rings. The van der Waals surface area contributed by atoms with Gasteiger partial charge < -0.3 is 30.0 Å². The minimum absolute atomic E-state index is 0.169. The molecule has 12 nitrogen and oxygen atoms in total. The predicted molar refractivity (Wildman–Crippen MR) is 136 cm³/mol. The molecule has 4 N–H and O–H groups in total. The third kappa shape index (κ3) is 7.71. The first-order valence-corrected chi connectivity index (χ1v) is 12.8. The second kappa shape index (κ2) is 12.6. The van der Waals surface area contributed by atoms with Gasteiger partial charge in [0, 0.05) is 24.5 Å². The van der Waals surface area contributed by atoms with Crippen molar-refractivity contribution in [3.8, 4) is 0 Å². The smallest absolute Gasteiger partial charge is 0.323 e. The number of pyridine rings is 1. The van der Waals surface area contributed by atoms with Crippen LogP contribution in [0.1, 0.15) is 40.2 Å². The Morgan fingerprint density at radius 3 is 2.74 bits per heavy atom. The average molecular weight is 505 g/mol. The summed E-state index contributed by atoms with van der Waals surface area (Å²) in [6.45, 7) is 10.3. The fourth-order valence-electron chi connectivity index (χ4n) is 3.20. The summed E-state index contributed by atoms with van der Waals surface area (Å²) in [4.78, 5) is 26.7. The molecule has 0 saturated carbocycles. The molecule has 13 heteroatoms. The lowest BCUT2D eigenvalue weighted by Crippen LogP contribution is -2.36. The number of nitrogen functional groups attached to an aromatic ring is 1. The van der Waals surface area contributed by atoms with Crippen molar-refractivity contribution < 1.29 is 18.9 Å². The summed E-state index contributed by atoms with van der Waals surface area (Å²) >= 11 is 0. The Labute approximate surface area is 206 Å². The quantitative estimate of drug-likeness (QED) is 0.169. The summed E-state index contributed by atoms with van der Waals surface area (Å²) in [5.41, 5.74) is 8.22. The summed E-state index contributed by atoms with van der Waals surface area (Å²) in [6.07, 6.45) is 4.65. The molecule has 1 unspecified atom stereocenters. The number of oxime groups is 1. The highest BCUT2D eigenvalue weighted by molar-refractivity contribution is 7.50. The number of aromatic nitrogens is 3. The van der Waals surface area contributed by atoms with Gasteiger partial charge in [-0.3, -0.25) is 9.78 Å². The van der Waals surface area contributed by atoms with Crippen molar-refractivity contribution in [2.45, 2.75) is 52.9 Å². The Kier molecular flexibility index (Phi) is 9.53. The lowest BCUT2D eigenvalue weighted by atomic mass is 10.2. The fraction of sp³-hybridized carbons (Fsp3) is 0.500. The Bertz CT molecular complexity index is 1010. The van der Waals surface area contributed by atoms with E-state index in [2.05, 4.69) is 30.5 Å². The largest absolute Gasteiger partial charge is 0.462 e. The molecule has 0 aromatic carbocycles. The van der Waals surface area contributed by atoms with Crippen LogP contribution in [0, 0.1) is 0 Å². The van der Waals surface area contributed by atoms with E-state index in [9.17, 15) is 4.79 Å². The normalized spacial score (nSPS) is 15.8. The number of nitrogens with one attached hydrogen (secondary N) is 2. The van der Waals surface area contributed by atoms with Crippen LogP contribution in [0.3, 0.4) is 0 Å². The molecule has 0 amide bonds. The van der Waals surface area contributed by atoms with E-state index >= 15 is 0 Å². The maximum absolute atomic E-state index is 12.3. The topological polar surface area (TPSA) is 149 Å². The molecule has 0 radical (unpaired) electrons. The molecule has 35 heavy (non-hydrogen) atoms. The fourth-order valence-corrected chi connectivity index (χ4v) is 4.52. The van der Waals surface area contributed by atoms with E-state index in [0.717, 1.165) is 17.1 Å². The number of carbonyl (C=O) groups is 1. The summed E-state index contributed by atoms with van der Waals surface area (Å²) in [5.74, 6) is 0.792. The van der Waals surface area contributed by atoms with Gasteiger partial charge in [0.2, 0.25) is 8.30 Å². The summed E-state index contributed by atoms with van der Waals surface area (Å²) in [6, 6.07) is 3.10. The van der Waals surface area contributed by atoms with E-state index in [1.54, 1.807) is 33.2 Å². The Morgan fingerprint density at radius 2 is 2.03 bits per heavy atom. The highest BCUT2D eigenvalue weighted by Gasteiger charge is 2.26. The number of hydrogen-bond acceptors (Lipinski definition) is 12. The predicted octanol–water partition coefficient (Wildman–Crippen LogP) is 2.69. The third-order valence-corrected chi connectivity index (χ3v) is 6.31. The zero-order chi connectivity index (χ0) is 25.4. The number of nitrogens with two attached hydrogens (primary N) is 1. The molecule has 2 aromatic rings. The van der Waals surface area contributed by atoms with Crippen molar-refractivity contribution in [1.29, 1.82) is 0 Å². The average Bonchev–Trinajstić information content (AvgIpc) is 3.24. The van der Waals surface area contributed by atoms with Crippen molar-refractivity contribution in [3.63, 3.8) is 0 Å². The number of esters is 1. The molecular weight excluding hydrogens is 471 g/mol. The van der Waals surface area contributed by atoms with Crippen molar-refractivity contribution in [3.05, 3.63) is 36.4 Å². The number of ether oxygens (including phenoxy) is 2. The molecule has 0 fully saturated rings. The molecule has 3 atom stereocenters. The molecule has 2 aromatic heterocycles. The molecule has 3 rings (SSSR count). The molecular formula is C22H33N8O4P. The highest BCUT2D eigenvalue weighted by atomic mass is 31.2. The standard InChI is InChI=1S/C22H33N8O4P/c1-14(2)33-22(31)17(5)29-35(34-28-16(4)18-6-8-24-9-7-18)13-32-15(3)10-30-12-27-19-20(23)25-11-26-21(19)30/h6-9,11,14-15,17,27,29H,10,12-13H2,1-5H3,(H2,23,25,26)/b28-16+/t15-,17+,35?/m1/s1. The lowest BCUT2D eigenvalue weighted by molar-refractivity contribution is -0.148. The van der Waals surface area contributed by atoms with E-state index < -0.39 is 14.3 Å². The second-order valence-electron chi connectivity index (χ2n) is 8.33. The van der Waals surface area contributed by atoms with Crippen LogP contribution < -0.4 is 21.0 Å². The summed E-state index contributed by atoms with van der Waals surface area (Å²) < 4.78 is 17.2. The molecule has 190 valence electrons. The van der Waals surface area contributed by atoms with Crippen LogP contribution >= 0.6 is 8.30 Å². The van der Waals surface area contributed by atoms with Gasteiger partial charge in [-0.15, -0.1) is 0 Å². The van der Waals surface area contributed by atoms with Gasteiger partial charge in [0.25, 0.3) is 0 Å². The van der Waals surface area contributed by atoms with Crippen molar-refractivity contribution in [2.24, 2.45) is 5.16 Å². The van der Waals surface area contributed by atoms with Gasteiger partial charge in [0.1, 0.15) is 24.4 Å². The first kappa shape index (κ1) is 26.5. The monoisotopic (exact) mass is 504 g/mol. The van der Waals surface area contributed by atoms with E-state index in [-0.39, 0.29) is 24.5 Å². The van der Waals surface area contributed by atoms with E-state index in [4.69, 9.17) is 19.8 Å². The van der Waals surface area contributed by atoms with Gasteiger partial charge in [-0.1, -0.05) is 5.16 Å². The number of nitrogens with zero attached hydrogens (tertiary/aromatic N) is 5. The van der Waals surface area contributed by atoms with Crippen LogP contribution in [-0.4, -0.2) is 64.4 Å². The summed E-state index contributed by atoms with van der Waals surface area (Å²) in [5, 5.41) is 10.6. The van der Waals surface area contributed by atoms with Crippen molar-refractivity contribution in [2.75, 3.05) is 35.5 Å². The van der Waals surface area contributed by atoms with Gasteiger partial charge in [-0.05, 0) is 46.8 Å². The van der Waals surface area contributed by atoms with Gasteiger partial charge in [0.15, 0.2) is 11.6 Å². The molecule has 3 heterocycles. The van der Waals surface area contributed by atoms with Crippen LogP contribution in [0.2, 0.25) is 0 Å². The maximum Gasteiger partial charge on any atom is 0.323 e. The number of anilines is 3. The first-order chi connectivity index (χ1) is 16.7. The van der Waals surface area contributed by atoms with Gasteiger partial charge in [-0.25, -0.2) is 15.1 Å². The summed E-state index contributed by atoms with van der Waals surface area (Å²) in [7, 11) is -1.44. The second-order valence-corrected chi connectivity index (χ2v) is 9.77. The number of rotatable bonds is 12. The maximum atomic E-state index is 12.3. The van der Waals surface area contributed by atoms with Crippen LogP contribution in [-0.2, 0) is 18.9 Å². The van der Waals surface area contributed by atoms with Crippen molar-refractivity contribution in [1.82, 2.24) is 20.0 Å². The molecule has 0 saturated heterocycles. The zero-order valence-corrected chi connectivity index (χ0v) is 21.5. The molecule has 0 bridgehead atoms. The van der Waals surface area contributed by atoms with Crippen LogP contribution in [0.5, 0.6) is 0 Å². The van der Waals surface area contributed by atoms with Crippen LogP contribution in [0.4, 0.5) is 17.3 Å². The Balaban J connectivity index is 1.61. The number of carbonyl (C=O) groups excluding carboxylic acids is 1. The minimum atomic E-state index is -1.44. The van der Waals surface area contributed by atoms with Crippen LogP contribution in [0.15, 0.2) is 36.0 Å². The number of hydrogen-bond donors (Lipinski definition) is 3. The Hall–Kier alpha value is -3.08. The third-order valence-electron chi connectivity index (χ3n) is 4.97. The van der Waals surface area contributed by atoms with Crippen molar-refractivity contribution >= 4 is 37.3 Å². The van der Waals surface area contributed by atoms with Crippen LogP contribution in [0.25, 0.3) is 0 Å². The zero-order valence-electron chi connectivity index (χ0n) is 20.6. The van der Waals surface area contributed by atoms with Gasteiger partial charge in [0.05, 0.1) is 24.6 Å². The molecule has 0 aliphatic carbocycles. The number of fused-ring (bicyclic) bond motifs is 1. The van der Waals surface area contributed by atoms with E-state index in [1.165, 1.54) is 6.33 Å². The molecule has 0 spiro atoms. The van der Waals surface area contributed by atoms with E-state index in [1.807, 2.05) is 30.9 Å². The van der Waals surface area contributed by atoms with Gasteiger partial charge in [-0.2, -0.15) is 0 Å². The lowest BCUT2D eigenvalue weighted by Gasteiger charge is -2.25. The molecule has 1 aliphatic heterocycles. The Morgan fingerprint density at radius 1 is 1.29 bits per heavy atom. The van der Waals surface area contributed by atoms with E-state index in [0.29, 0.717) is 24.7 Å². The van der Waals surface area contributed by atoms with Gasteiger partial charge >= 0.3 is 5.97 Å². The first-order valence-electron chi connectivity index (χ1n) is 11.3. The SMILES string of the molecule is C/C(=N\OP(CO[C@H](C)CN1CNc2c(N)ncnc21)N[C@@H](C)C(=O)OC(C)C)c1ccncc1. The highest BCUT2D eigenvalue weighted by Crippen LogP contribution is 2.35.